The first-order chi connectivity index (χ1) is 4.63. The fourth-order valence-electron chi connectivity index (χ4n) is 0.881. The Morgan fingerprint density at radius 2 is 2.20 bits per heavy atom. The largest absolute Gasteiger partial charge is 0.269 e. The predicted molar refractivity (Wildman–Crippen MR) is 42.7 cm³/mol. The maximum absolute atomic E-state index is 4.07. The van der Waals surface area contributed by atoms with Crippen molar-refractivity contribution in [1.29, 1.82) is 0 Å². The monoisotopic (exact) mass is 136 g/mol. The Balaban J connectivity index is 3.63. The molecule has 0 aromatic carbocycles. The van der Waals surface area contributed by atoms with Crippen LogP contribution in [0.15, 0.2) is 6.20 Å². The second kappa shape index (κ2) is 2.29. The smallest absolute Gasteiger partial charge is 0.0606 e. The summed E-state index contributed by atoms with van der Waals surface area (Å²) in [5.74, 6) is 0. The van der Waals surface area contributed by atoms with Crippen molar-refractivity contribution in [2.45, 2.75) is 13.8 Å². The average Bonchev–Trinajstić information content (AvgIpc) is 2.14. The molecule has 0 unspecified atom stereocenters. The molecule has 2 heteroatoms. The molecule has 1 heterocycles. The first kappa shape index (κ1) is 7.06. The van der Waals surface area contributed by atoms with Gasteiger partial charge in [-0.05, 0) is 13.8 Å². The number of hydrogen-bond donors (Lipinski definition) is 0. The topological polar surface area (TPSA) is 17.8 Å². The Bertz CT molecular complexity index is 329. The third-order valence-electron chi connectivity index (χ3n) is 1.60. The van der Waals surface area contributed by atoms with E-state index in [0.29, 0.717) is 0 Å². The van der Waals surface area contributed by atoms with Crippen molar-refractivity contribution in [3.05, 3.63) is 16.8 Å². The highest BCUT2D eigenvalue weighted by Crippen LogP contribution is 1.80. The lowest BCUT2D eigenvalue weighted by molar-refractivity contribution is 0.744. The number of aryl methyl sites for hydroxylation is 1. The number of aromatic nitrogens is 2. The van der Waals surface area contributed by atoms with Gasteiger partial charge in [0, 0.05) is 12.3 Å². The van der Waals surface area contributed by atoms with Crippen molar-refractivity contribution in [2.24, 2.45) is 7.05 Å². The zero-order valence-electron chi connectivity index (χ0n) is 6.68. The molecule has 1 aromatic heterocycles. The quantitative estimate of drug-likeness (QED) is 0.491. The minimum absolute atomic E-state index is 0.986. The lowest BCUT2D eigenvalue weighted by Crippen LogP contribution is -2.26. The van der Waals surface area contributed by atoms with Crippen LogP contribution in [0.1, 0.15) is 13.8 Å². The third kappa shape index (κ3) is 0.967. The summed E-state index contributed by atoms with van der Waals surface area (Å²) in [4.78, 5) is 0. The van der Waals surface area contributed by atoms with Crippen LogP contribution in [-0.2, 0) is 7.05 Å². The van der Waals surface area contributed by atoms with Gasteiger partial charge in [0.05, 0.1) is 11.5 Å². The molecular weight excluding hydrogens is 124 g/mol. The van der Waals surface area contributed by atoms with Gasteiger partial charge in [-0.1, -0.05) is 12.2 Å². The van der Waals surface area contributed by atoms with Crippen LogP contribution in [0.25, 0.3) is 12.2 Å². The van der Waals surface area contributed by atoms with Crippen LogP contribution in [0.2, 0.25) is 0 Å². The highest BCUT2D eigenvalue weighted by molar-refractivity contribution is 5.37. The van der Waals surface area contributed by atoms with Crippen molar-refractivity contribution in [3.63, 3.8) is 0 Å². The zero-order valence-corrected chi connectivity index (χ0v) is 6.68. The molecule has 0 saturated heterocycles. The molecule has 0 atom stereocenters. The van der Waals surface area contributed by atoms with E-state index >= 15 is 0 Å². The summed E-state index contributed by atoms with van der Waals surface area (Å²) in [6.45, 7) is 8.00. The Morgan fingerprint density at radius 3 is 2.40 bits per heavy atom. The van der Waals surface area contributed by atoms with Gasteiger partial charge in [-0.25, -0.2) is 0 Å². The van der Waals surface area contributed by atoms with E-state index in [1.54, 1.807) is 4.68 Å². The molecule has 0 aliphatic rings. The van der Waals surface area contributed by atoms with Gasteiger partial charge in [0.15, 0.2) is 0 Å². The minimum atomic E-state index is 0.986. The van der Waals surface area contributed by atoms with Crippen LogP contribution < -0.4 is 10.6 Å². The molecular formula is C8H12N2. The van der Waals surface area contributed by atoms with Gasteiger partial charge in [-0.2, -0.15) is 5.10 Å². The standard InChI is InChI=1S/C8H12N2/c1-6(2)8-5-9-10(4)7(8)3/h5H,3H2,1-2,4H3. The summed E-state index contributed by atoms with van der Waals surface area (Å²) in [5, 5.41) is 6.21. The molecule has 2 nitrogen and oxygen atoms in total. The first-order valence-electron chi connectivity index (χ1n) is 3.27. The molecule has 1 aromatic rings. The van der Waals surface area contributed by atoms with Crippen molar-refractivity contribution in [1.82, 2.24) is 9.78 Å². The van der Waals surface area contributed by atoms with Gasteiger partial charge in [0.2, 0.25) is 0 Å². The van der Waals surface area contributed by atoms with Crippen LogP contribution in [0.4, 0.5) is 0 Å². The average molecular weight is 136 g/mol. The molecule has 0 bridgehead atoms. The van der Waals surface area contributed by atoms with Gasteiger partial charge in [-0.15, -0.1) is 0 Å². The molecule has 54 valence electrons. The van der Waals surface area contributed by atoms with Gasteiger partial charge >= 0.3 is 0 Å². The summed E-state index contributed by atoms with van der Waals surface area (Å²) >= 11 is 0. The molecule has 0 N–H and O–H groups in total. The van der Waals surface area contributed by atoms with Crippen molar-refractivity contribution in [2.75, 3.05) is 0 Å². The number of hydrogen-bond acceptors (Lipinski definition) is 1. The SMILES string of the molecule is C=c1c(=C(C)C)cnn1C. The van der Waals surface area contributed by atoms with E-state index in [1.165, 1.54) is 5.57 Å². The lowest BCUT2D eigenvalue weighted by atomic mass is 10.3. The molecule has 0 radical (unpaired) electrons. The van der Waals surface area contributed by atoms with Crippen LogP contribution in [0.3, 0.4) is 0 Å². The fraction of sp³-hybridized carbons (Fsp3) is 0.375. The maximum atomic E-state index is 4.07. The molecule has 0 aliphatic heterocycles. The summed E-state index contributed by atoms with van der Waals surface area (Å²) in [6, 6.07) is 0. The summed E-state index contributed by atoms with van der Waals surface area (Å²) in [5.41, 5.74) is 1.26. The summed E-state index contributed by atoms with van der Waals surface area (Å²) < 4.78 is 1.78. The van der Waals surface area contributed by atoms with E-state index in [9.17, 15) is 0 Å². The van der Waals surface area contributed by atoms with Gasteiger partial charge in [-0.3, -0.25) is 4.68 Å². The Kier molecular flexibility index (Phi) is 1.62. The van der Waals surface area contributed by atoms with Crippen LogP contribution in [0.5, 0.6) is 0 Å². The second-order valence-corrected chi connectivity index (χ2v) is 2.63. The minimum Gasteiger partial charge on any atom is -0.269 e. The molecule has 10 heavy (non-hydrogen) atoms. The van der Waals surface area contributed by atoms with Crippen LogP contribution >= 0.6 is 0 Å². The zero-order chi connectivity index (χ0) is 7.72. The molecule has 0 amide bonds. The van der Waals surface area contributed by atoms with Gasteiger partial charge in [0.25, 0.3) is 0 Å². The van der Waals surface area contributed by atoms with Crippen molar-refractivity contribution in [3.8, 4) is 0 Å². The van der Waals surface area contributed by atoms with E-state index in [4.69, 9.17) is 0 Å². The molecule has 0 aliphatic carbocycles. The third-order valence-corrected chi connectivity index (χ3v) is 1.60. The Morgan fingerprint density at radius 1 is 1.60 bits per heavy atom. The van der Waals surface area contributed by atoms with Crippen LogP contribution in [0, 0.1) is 0 Å². The van der Waals surface area contributed by atoms with E-state index in [-0.39, 0.29) is 0 Å². The van der Waals surface area contributed by atoms with Crippen LogP contribution in [-0.4, -0.2) is 9.78 Å². The molecule has 0 spiro atoms. The fourth-order valence-corrected chi connectivity index (χ4v) is 0.881. The molecule has 1 rings (SSSR count). The molecule has 0 fully saturated rings. The summed E-state index contributed by atoms with van der Waals surface area (Å²) in [7, 11) is 1.90. The Hall–Kier alpha value is -1.05. The first-order valence-corrected chi connectivity index (χ1v) is 3.27. The van der Waals surface area contributed by atoms with Crippen molar-refractivity contribution >= 4 is 12.2 Å². The summed E-state index contributed by atoms with van der Waals surface area (Å²) in [6.07, 6.45) is 1.84. The highest BCUT2D eigenvalue weighted by atomic mass is 15.2. The van der Waals surface area contributed by atoms with Crippen molar-refractivity contribution < 1.29 is 0 Å². The van der Waals surface area contributed by atoms with E-state index in [0.717, 1.165) is 10.6 Å². The second-order valence-electron chi connectivity index (χ2n) is 2.63. The predicted octanol–water partition coefficient (Wildman–Crippen LogP) is 0.0209. The number of rotatable bonds is 0. The lowest BCUT2D eigenvalue weighted by Gasteiger charge is -1.85. The van der Waals surface area contributed by atoms with E-state index < -0.39 is 0 Å². The van der Waals surface area contributed by atoms with Gasteiger partial charge in [0.1, 0.15) is 0 Å². The maximum Gasteiger partial charge on any atom is 0.0606 e. The van der Waals surface area contributed by atoms with E-state index in [1.807, 2.05) is 13.2 Å². The van der Waals surface area contributed by atoms with Gasteiger partial charge < -0.3 is 0 Å². The molecule has 0 saturated carbocycles. The number of nitrogens with zero attached hydrogens (tertiary/aromatic N) is 2. The Labute approximate surface area is 60.5 Å². The highest BCUT2D eigenvalue weighted by Gasteiger charge is 1.89. The van der Waals surface area contributed by atoms with E-state index in [2.05, 4.69) is 25.5 Å². The normalized spacial score (nSPS) is 9.90.